The van der Waals surface area contributed by atoms with Crippen molar-refractivity contribution in [1.82, 2.24) is 15.2 Å². The van der Waals surface area contributed by atoms with E-state index in [1.54, 1.807) is 0 Å². The fourth-order valence-corrected chi connectivity index (χ4v) is 3.66. The highest BCUT2D eigenvalue weighted by Crippen LogP contribution is 2.40. The molecule has 2 aliphatic rings. The van der Waals surface area contributed by atoms with Crippen molar-refractivity contribution in [2.24, 2.45) is 4.99 Å². The van der Waals surface area contributed by atoms with Gasteiger partial charge in [0.15, 0.2) is 5.96 Å². The number of aliphatic imine (C=N–C) groups is 1. The number of hydrogen-bond donors (Lipinski definition) is 1. The van der Waals surface area contributed by atoms with Gasteiger partial charge in [0, 0.05) is 50.9 Å². The number of aromatic nitrogens is 1. The summed E-state index contributed by atoms with van der Waals surface area (Å²) in [5.41, 5.74) is 1.43. The largest absolute Gasteiger partial charge is 0.353 e. The molecule has 2 fully saturated rings. The topological polar surface area (TPSA) is 43.8 Å². The molecule has 2 aromatic rings. The van der Waals surface area contributed by atoms with Crippen LogP contribution in [-0.2, 0) is 0 Å². The van der Waals surface area contributed by atoms with Gasteiger partial charge in [0.05, 0.1) is 0 Å². The van der Waals surface area contributed by atoms with Gasteiger partial charge < -0.3 is 15.1 Å². The molecule has 0 bridgehead atoms. The number of pyridine rings is 1. The van der Waals surface area contributed by atoms with E-state index in [4.69, 9.17) is 4.99 Å². The molecule has 1 aromatic carbocycles. The first-order valence-electron chi connectivity index (χ1n) is 9.62. The van der Waals surface area contributed by atoms with E-state index >= 15 is 0 Å². The number of nitrogens with zero attached hydrogens (tertiary/aromatic N) is 4. The zero-order chi connectivity index (χ0) is 17.8. The van der Waals surface area contributed by atoms with Crippen LogP contribution in [0, 0.1) is 0 Å². The molecule has 1 saturated carbocycles. The standard InChI is InChI=1S/C21H27N5/c1-2-22-21(24-19-16-18(19)17-8-4-3-5-9-17)26-14-12-25(13-15-26)20-10-6-7-11-23-20/h3-11,18-19H,2,12-16H2,1H3,(H,22,24). The molecule has 5 heteroatoms. The summed E-state index contributed by atoms with van der Waals surface area (Å²) in [6.45, 7) is 6.83. The summed E-state index contributed by atoms with van der Waals surface area (Å²) in [5.74, 6) is 2.75. The average molecular weight is 349 g/mol. The molecule has 0 radical (unpaired) electrons. The Morgan fingerprint density at radius 2 is 1.85 bits per heavy atom. The zero-order valence-corrected chi connectivity index (χ0v) is 15.4. The van der Waals surface area contributed by atoms with Crippen molar-refractivity contribution < 1.29 is 0 Å². The van der Waals surface area contributed by atoms with Crippen molar-refractivity contribution in [2.75, 3.05) is 37.6 Å². The van der Waals surface area contributed by atoms with Gasteiger partial charge in [-0.1, -0.05) is 36.4 Å². The second-order valence-corrected chi connectivity index (χ2v) is 6.96. The molecule has 4 rings (SSSR count). The van der Waals surface area contributed by atoms with Gasteiger partial charge in [0.25, 0.3) is 0 Å². The summed E-state index contributed by atoms with van der Waals surface area (Å²) < 4.78 is 0. The second-order valence-electron chi connectivity index (χ2n) is 6.96. The Labute approximate surface area is 155 Å². The van der Waals surface area contributed by atoms with Crippen LogP contribution in [0.1, 0.15) is 24.8 Å². The van der Waals surface area contributed by atoms with Gasteiger partial charge in [-0.25, -0.2) is 4.98 Å². The van der Waals surface area contributed by atoms with Gasteiger partial charge in [-0.2, -0.15) is 0 Å². The first kappa shape index (κ1) is 16.9. The van der Waals surface area contributed by atoms with E-state index in [9.17, 15) is 0 Å². The minimum Gasteiger partial charge on any atom is -0.353 e. The molecule has 136 valence electrons. The van der Waals surface area contributed by atoms with Crippen LogP contribution in [0.2, 0.25) is 0 Å². The second kappa shape index (κ2) is 7.77. The maximum Gasteiger partial charge on any atom is 0.194 e. The molecule has 1 N–H and O–H groups in total. The minimum absolute atomic E-state index is 0.511. The first-order valence-corrected chi connectivity index (χ1v) is 9.62. The highest BCUT2D eigenvalue weighted by molar-refractivity contribution is 5.81. The maximum atomic E-state index is 4.75. The molecule has 2 atom stereocenters. The number of nitrogens with one attached hydrogen (secondary N) is 1. The third kappa shape index (κ3) is 3.82. The van der Waals surface area contributed by atoms with Crippen LogP contribution in [0.15, 0.2) is 59.7 Å². The SMILES string of the molecule is CCN=C(NC1CC1c1ccccc1)N1CCN(c2ccccn2)CC1. The van der Waals surface area contributed by atoms with Crippen molar-refractivity contribution in [1.29, 1.82) is 0 Å². The molecule has 1 aliphatic carbocycles. The Bertz CT molecular complexity index is 723. The van der Waals surface area contributed by atoms with Crippen LogP contribution in [-0.4, -0.2) is 54.6 Å². The fourth-order valence-electron chi connectivity index (χ4n) is 3.66. The third-order valence-electron chi connectivity index (χ3n) is 5.19. The highest BCUT2D eigenvalue weighted by atomic mass is 15.4. The number of anilines is 1. The van der Waals surface area contributed by atoms with Crippen LogP contribution in [0.3, 0.4) is 0 Å². The molecule has 2 heterocycles. The summed E-state index contributed by atoms with van der Waals surface area (Å²) in [4.78, 5) is 14.0. The molecular weight excluding hydrogens is 322 g/mol. The lowest BCUT2D eigenvalue weighted by Crippen LogP contribution is -2.53. The third-order valence-corrected chi connectivity index (χ3v) is 5.19. The van der Waals surface area contributed by atoms with Crippen molar-refractivity contribution >= 4 is 11.8 Å². The zero-order valence-electron chi connectivity index (χ0n) is 15.4. The molecule has 1 aliphatic heterocycles. The van der Waals surface area contributed by atoms with Crippen LogP contribution >= 0.6 is 0 Å². The van der Waals surface area contributed by atoms with E-state index in [2.05, 4.69) is 69.5 Å². The lowest BCUT2D eigenvalue weighted by Gasteiger charge is -2.37. The normalized spacial score (nSPS) is 23.0. The van der Waals surface area contributed by atoms with E-state index in [-0.39, 0.29) is 0 Å². The maximum absolute atomic E-state index is 4.75. The predicted octanol–water partition coefficient (Wildman–Crippen LogP) is 2.73. The van der Waals surface area contributed by atoms with E-state index in [0.29, 0.717) is 12.0 Å². The Hall–Kier alpha value is -2.56. The van der Waals surface area contributed by atoms with Crippen LogP contribution in [0.25, 0.3) is 0 Å². The molecule has 1 aromatic heterocycles. The molecule has 1 saturated heterocycles. The number of benzene rings is 1. The first-order chi connectivity index (χ1) is 12.8. The summed E-state index contributed by atoms with van der Waals surface area (Å²) in [7, 11) is 0. The molecule has 0 spiro atoms. The average Bonchev–Trinajstić information content (AvgIpc) is 3.48. The summed E-state index contributed by atoms with van der Waals surface area (Å²) in [6, 6.07) is 17.4. The van der Waals surface area contributed by atoms with Crippen LogP contribution in [0.5, 0.6) is 0 Å². The van der Waals surface area contributed by atoms with Crippen LogP contribution < -0.4 is 10.2 Å². The molecular formula is C21H27N5. The lowest BCUT2D eigenvalue weighted by molar-refractivity contribution is 0.370. The molecule has 5 nitrogen and oxygen atoms in total. The van der Waals surface area contributed by atoms with Gasteiger partial charge in [0.2, 0.25) is 0 Å². The van der Waals surface area contributed by atoms with E-state index in [1.165, 1.54) is 12.0 Å². The number of hydrogen-bond acceptors (Lipinski definition) is 3. The van der Waals surface area contributed by atoms with Crippen LogP contribution in [0.4, 0.5) is 5.82 Å². The Morgan fingerprint density at radius 3 is 2.54 bits per heavy atom. The molecule has 26 heavy (non-hydrogen) atoms. The molecule has 0 amide bonds. The predicted molar refractivity (Wildman–Crippen MR) is 107 cm³/mol. The van der Waals surface area contributed by atoms with E-state index in [1.807, 2.05) is 12.3 Å². The van der Waals surface area contributed by atoms with Crippen molar-refractivity contribution in [3.63, 3.8) is 0 Å². The number of rotatable bonds is 4. The van der Waals surface area contributed by atoms with Crippen molar-refractivity contribution in [3.8, 4) is 0 Å². The van der Waals surface area contributed by atoms with Gasteiger partial charge >= 0.3 is 0 Å². The fraction of sp³-hybridized carbons (Fsp3) is 0.429. The Kier molecular flexibility index (Phi) is 5.04. The number of piperazine rings is 1. The summed E-state index contributed by atoms with van der Waals surface area (Å²) >= 11 is 0. The van der Waals surface area contributed by atoms with E-state index in [0.717, 1.165) is 44.5 Å². The quantitative estimate of drug-likeness (QED) is 0.681. The lowest BCUT2D eigenvalue weighted by atomic mass is 10.1. The van der Waals surface area contributed by atoms with Gasteiger partial charge in [0.1, 0.15) is 5.82 Å². The smallest absolute Gasteiger partial charge is 0.194 e. The van der Waals surface area contributed by atoms with Gasteiger partial charge in [-0.05, 0) is 31.0 Å². The van der Waals surface area contributed by atoms with E-state index < -0.39 is 0 Å². The minimum atomic E-state index is 0.511. The summed E-state index contributed by atoms with van der Waals surface area (Å²) in [6.07, 6.45) is 3.06. The summed E-state index contributed by atoms with van der Waals surface area (Å²) in [5, 5.41) is 3.71. The molecule has 2 unspecified atom stereocenters. The van der Waals surface area contributed by atoms with Crippen molar-refractivity contribution in [3.05, 3.63) is 60.3 Å². The van der Waals surface area contributed by atoms with Gasteiger partial charge in [-0.15, -0.1) is 0 Å². The Morgan fingerprint density at radius 1 is 1.08 bits per heavy atom. The number of guanidine groups is 1. The highest BCUT2D eigenvalue weighted by Gasteiger charge is 2.39. The van der Waals surface area contributed by atoms with Gasteiger partial charge in [-0.3, -0.25) is 4.99 Å². The Balaban J connectivity index is 1.34. The van der Waals surface area contributed by atoms with Crippen molar-refractivity contribution in [2.45, 2.75) is 25.3 Å². The monoisotopic (exact) mass is 349 g/mol.